The third-order valence-corrected chi connectivity index (χ3v) is 2.48. The van der Waals surface area contributed by atoms with E-state index in [1.807, 2.05) is 6.08 Å². The van der Waals surface area contributed by atoms with Crippen molar-refractivity contribution >= 4 is 5.91 Å². The van der Waals surface area contributed by atoms with E-state index in [1.165, 1.54) is 0 Å². The van der Waals surface area contributed by atoms with Crippen LogP contribution in [0.5, 0.6) is 0 Å². The van der Waals surface area contributed by atoms with E-state index in [0.717, 1.165) is 30.7 Å². The van der Waals surface area contributed by atoms with Gasteiger partial charge in [-0.1, -0.05) is 18.2 Å². The van der Waals surface area contributed by atoms with Crippen molar-refractivity contribution in [2.45, 2.75) is 19.0 Å². The molecule has 0 spiro atoms. The Balaban J connectivity index is 2.20. The second-order valence-electron chi connectivity index (χ2n) is 3.77. The topological polar surface area (TPSA) is 29.5 Å². The SMILES string of the molecule is O=C(N1C=COC(C2=CC=CCC2)=C1)C(F)(F)F. The number of rotatable bonds is 1. The molecule has 2 aliphatic rings. The molecule has 0 bridgehead atoms. The second-order valence-corrected chi connectivity index (χ2v) is 3.77. The number of ether oxygens (including phenoxy) is 1. The molecule has 1 aliphatic carbocycles. The van der Waals surface area contributed by atoms with E-state index < -0.39 is 12.1 Å². The lowest BCUT2D eigenvalue weighted by Gasteiger charge is -2.22. The Morgan fingerprint density at radius 1 is 1.39 bits per heavy atom. The molecule has 6 heteroatoms. The van der Waals surface area contributed by atoms with E-state index in [2.05, 4.69) is 0 Å². The van der Waals surface area contributed by atoms with Crippen molar-refractivity contribution in [1.82, 2.24) is 4.90 Å². The molecule has 0 N–H and O–H groups in total. The van der Waals surface area contributed by atoms with E-state index in [1.54, 1.807) is 12.2 Å². The molecule has 1 aliphatic heterocycles. The number of hydrogen-bond donors (Lipinski definition) is 0. The molecule has 0 aromatic rings. The monoisotopic (exact) mass is 257 g/mol. The largest absolute Gasteiger partial charge is 0.472 e. The number of allylic oxidation sites excluding steroid dienone is 4. The number of carbonyl (C=O) groups is 1. The van der Waals surface area contributed by atoms with Gasteiger partial charge in [0.1, 0.15) is 12.0 Å². The molecule has 0 saturated carbocycles. The van der Waals surface area contributed by atoms with Gasteiger partial charge in [0.05, 0.1) is 6.20 Å². The summed E-state index contributed by atoms with van der Waals surface area (Å²) in [7, 11) is 0. The zero-order valence-electron chi connectivity index (χ0n) is 9.28. The van der Waals surface area contributed by atoms with E-state index in [9.17, 15) is 18.0 Å². The van der Waals surface area contributed by atoms with Gasteiger partial charge in [-0.25, -0.2) is 0 Å². The molecular formula is C12H10F3NO2. The smallest absolute Gasteiger partial charge is 0.462 e. The Hall–Kier alpha value is -1.98. The van der Waals surface area contributed by atoms with Crippen LogP contribution in [0.4, 0.5) is 13.2 Å². The van der Waals surface area contributed by atoms with Gasteiger partial charge in [-0.2, -0.15) is 13.2 Å². The number of halogens is 3. The Bertz CT molecular complexity index is 472. The summed E-state index contributed by atoms with van der Waals surface area (Å²) in [5.41, 5.74) is 0.766. The van der Waals surface area contributed by atoms with Crippen LogP contribution >= 0.6 is 0 Å². The maximum atomic E-state index is 12.3. The Morgan fingerprint density at radius 2 is 2.17 bits per heavy atom. The molecule has 0 fully saturated rings. The molecule has 0 unspecified atom stereocenters. The van der Waals surface area contributed by atoms with Crippen molar-refractivity contribution in [2.75, 3.05) is 0 Å². The summed E-state index contributed by atoms with van der Waals surface area (Å²) >= 11 is 0. The van der Waals surface area contributed by atoms with Gasteiger partial charge in [-0.05, 0) is 18.4 Å². The minimum atomic E-state index is -4.90. The van der Waals surface area contributed by atoms with Crippen LogP contribution in [0.2, 0.25) is 0 Å². The van der Waals surface area contributed by atoms with Crippen LogP contribution < -0.4 is 0 Å². The molecule has 2 rings (SSSR count). The molecule has 18 heavy (non-hydrogen) atoms. The lowest BCUT2D eigenvalue weighted by atomic mass is 10.0. The number of carbonyl (C=O) groups excluding carboxylic acids is 1. The van der Waals surface area contributed by atoms with Crippen molar-refractivity contribution in [3.05, 3.63) is 48.2 Å². The zero-order valence-corrected chi connectivity index (χ0v) is 9.28. The Kier molecular flexibility index (Phi) is 3.27. The fraction of sp³-hybridized carbons (Fsp3) is 0.250. The Labute approximate surface area is 102 Å². The standard InChI is InChI=1S/C12H10F3NO2/c13-12(14,15)11(17)16-6-7-18-10(8-16)9-4-2-1-3-5-9/h1-2,4,6-8H,3,5H2. The number of alkyl halides is 3. The highest BCUT2D eigenvalue weighted by Crippen LogP contribution is 2.26. The van der Waals surface area contributed by atoms with E-state index in [-0.39, 0.29) is 5.76 Å². The summed E-state index contributed by atoms with van der Waals surface area (Å²) < 4.78 is 42.0. The fourth-order valence-corrected chi connectivity index (χ4v) is 1.61. The predicted octanol–water partition coefficient (Wildman–Crippen LogP) is 3.00. The van der Waals surface area contributed by atoms with Crippen LogP contribution in [0.15, 0.2) is 48.2 Å². The van der Waals surface area contributed by atoms with Gasteiger partial charge >= 0.3 is 12.1 Å². The fourth-order valence-electron chi connectivity index (χ4n) is 1.61. The average molecular weight is 257 g/mol. The molecule has 0 aromatic heterocycles. The quantitative estimate of drug-likeness (QED) is 0.722. The van der Waals surface area contributed by atoms with Crippen LogP contribution in [0.1, 0.15) is 12.8 Å². The van der Waals surface area contributed by atoms with Crippen LogP contribution in [0, 0.1) is 0 Å². The van der Waals surface area contributed by atoms with Gasteiger partial charge in [0, 0.05) is 6.20 Å². The van der Waals surface area contributed by atoms with Crippen LogP contribution in [0.3, 0.4) is 0 Å². The highest BCUT2D eigenvalue weighted by Gasteiger charge is 2.42. The van der Waals surface area contributed by atoms with Gasteiger partial charge in [-0.3, -0.25) is 9.69 Å². The van der Waals surface area contributed by atoms with Gasteiger partial charge in [0.2, 0.25) is 0 Å². The van der Waals surface area contributed by atoms with Crippen LogP contribution in [-0.4, -0.2) is 17.0 Å². The summed E-state index contributed by atoms with van der Waals surface area (Å²) in [5.74, 6) is -1.68. The number of nitrogens with zero attached hydrogens (tertiary/aromatic N) is 1. The van der Waals surface area contributed by atoms with Gasteiger partial charge in [-0.15, -0.1) is 0 Å². The van der Waals surface area contributed by atoms with Crippen molar-refractivity contribution in [3.63, 3.8) is 0 Å². The third kappa shape index (κ3) is 2.64. The predicted molar refractivity (Wildman–Crippen MR) is 57.7 cm³/mol. The maximum absolute atomic E-state index is 12.3. The first-order valence-corrected chi connectivity index (χ1v) is 5.29. The van der Waals surface area contributed by atoms with Crippen LogP contribution in [0.25, 0.3) is 0 Å². The normalized spacial score (nSPS) is 19.2. The van der Waals surface area contributed by atoms with E-state index >= 15 is 0 Å². The average Bonchev–Trinajstić information content (AvgIpc) is 2.38. The second kappa shape index (κ2) is 4.72. The first-order valence-electron chi connectivity index (χ1n) is 5.29. The maximum Gasteiger partial charge on any atom is 0.472 e. The molecule has 1 heterocycles. The van der Waals surface area contributed by atoms with E-state index in [4.69, 9.17) is 4.74 Å². The summed E-state index contributed by atoms with van der Waals surface area (Å²) in [6.07, 6.45) is 5.14. The van der Waals surface area contributed by atoms with Gasteiger partial charge < -0.3 is 4.74 Å². The Morgan fingerprint density at radius 3 is 2.78 bits per heavy atom. The minimum Gasteiger partial charge on any atom is -0.462 e. The molecule has 1 amide bonds. The third-order valence-electron chi connectivity index (χ3n) is 2.48. The first kappa shape index (κ1) is 12.5. The van der Waals surface area contributed by atoms with Gasteiger partial charge in [0.25, 0.3) is 0 Å². The first-order chi connectivity index (χ1) is 8.48. The van der Waals surface area contributed by atoms with Crippen molar-refractivity contribution in [2.24, 2.45) is 0 Å². The number of hydrogen-bond acceptors (Lipinski definition) is 2. The summed E-state index contributed by atoms with van der Waals surface area (Å²) in [6.45, 7) is 0. The minimum absolute atomic E-state index is 0.263. The summed E-state index contributed by atoms with van der Waals surface area (Å²) in [5, 5.41) is 0. The lowest BCUT2D eigenvalue weighted by Crippen LogP contribution is -2.35. The lowest BCUT2D eigenvalue weighted by molar-refractivity contribution is -0.180. The highest BCUT2D eigenvalue weighted by atomic mass is 19.4. The summed E-state index contributed by atoms with van der Waals surface area (Å²) in [6, 6.07) is 0. The molecule has 0 saturated heterocycles. The molecule has 0 atom stereocenters. The zero-order chi connectivity index (χ0) is 13.2. The molecule has 96 valence electrons. The van der Waals surface area contributed by atoms with Crippen LogP contribution in [-0.2, 0) is 9.53 Å². The van der Waals surface area contributed by atoms with Gasteiger partial charge in [0.15, 0.2) is 0 Å². The van der Waals surface area contributed by atoms with Crippen molar-refractivity contribution in [3.8, 4) is 0 Å². The van der Waals surface area contributed by atoms with E-state index in [0.29, 0.717) is 11.3 Å². The molecule has 3 nitrogen and oxygen atoms in total. The molecule has 0 aromatic carbocycles. The highest BCUT2D eigenvalue weighted by molar-refractivity contribution is 5.84. The molecular weight excluding hydrogens is 247 g/mol. The number of amides is 1. The van der Waals surface area contributed by atoms with Crippen molar-refractivity contribution < 1.29 is 22.7 Å². The van der Waals surface area contributed by atoms with Crippen molar-refractivity contribution in [1.29, 1.82) is 0 Å². The molecule has 0 radical (unpaired) electrons. The summed E-state index contributed by atoms with van der Waals surface area (Å²) in [4.78, 5) is 11.5.